The predicted octanol–water partition coefficient (Wildman–Crippen LogP) is 5.21. The van der Waals surface area contributed by atoms with Crippen molar-refractivity contribution >= 4 is 0 Å². The molecule has 0 spiro atoms. The molecule has 0 aromatic heterocycles. The maximum atomic E-state index is 7.40. The van der Waals surface area contributed by atoms with Crippen LogP contribution >= 0.6 is 0 Å². The van der Waals surface area contributed by atoms with Gasteiger partial charge in [-0.05, 0) is 35.1 Å². The van der Waals surface area contributed by atoms with E-state index in [2.05, 4.69) is 99.1 Å². The van der Waals surface area contributed by atoms with Crippen molar-refractivity contribution in [2.24, 2.45) is 0 Å². The molecular formula is C26H27N3O3. The van der Waals surface area contributed by atoms with E-state index >= 15 is 0 Å². The highest BCUT2D eigenvalue weighted by Gasteiger charge is 1.99. The second-order valence-corrected chi connectivity index (χ2v) is 6.03. The van der Waals surface area contributed by atoms with Crippen LogP contribution in [0.1, 0.15) is 22.3 Å². The summed E-state index contributed by atoms with van der Waals surface area (Å²) in [6.45, 7) is 0. The second-order valence-electron chi connectivity index (χ2n) is 6.03. The van der Waals surface area contributed by atoms with Gasteiger partial charge in [0.2, 0.25) is 0 Å². The molecule has 0 amide bonds. The maximum absolute atomic E-state index is 7.40. The first kappa shape index (κ1) is 27.5. The number of hydrogen-bond acceptors (Lipinski definition) is 6. The van der Waals surface area contributed by atoms with Crippen LogP contribution in [0.2, 0.25) is 0 Å². The van der Waals surface area contributed by atoms with E-state index in [-0.39, 0.29) is 0 Å². The molecule has 3 aromatic carbocycles. The zero-order chi connectivity index (χ0) is 23.9. The molecule has 0 atom stereocenters. The molecule has 0 radical (unpaired) electrons. The van der Waals surface area contributed by atoms with Gasteiger partial charge in [-0.2, -0.15) is 15.8 Å². The SMILES string of the molecule is COC#N.COC#N.COC#N.c1ccc(Cc2cccc(Cc3ccccc3)c2)cc1. The summed E-state index contributed by atoms with van der Waals surface area (Å²) >= 11 is 0. The van der Waals surface area contributed by atoms with Crippen LogP contribution in [0.15, 0.2) is 84.9 Å². The fourth-order valence-corrected chi connectivity index (χ4v) is 2.51. The Labute approximate surface area is 190 Å². The number of nitrogens with zero attached hydrogens (tertiary/aromatic N) is 3. The van der Waals surface area contributed by atoms with Crippen LogP contribution < -0.4 is 0 Å². The number of hydrogen-bond donors (Lipinski definition) is 0. The minimum Gasteiger partial charge on any atom is -0.431 e. The van der Waals surface area contributed by atoms with Crippen molar-refractivity contribution in [3.63, 3.8) is 0 Å². The Morgan fingerprint density at radius 1 is 0.500 bits per heavy atom. The molecule has 0 aliphatic rings. The van der Waals surface area contributed by atoms with Gasteiger partial charge in [-0.3, -0.25) is 0 Å². The van der Waals surface area contributed by atoms with E-state index in [9.17, 15) is 0 Å². The Kier molecular flexibility index (Phi) is 17.1. The third kappa shape index (κ3) is 14.5. The molecule has 0 N–H and O–H groups in total. The van der Waals surface area contributed by atoms with Crippen LogP contribution in [-0.2, 0) is 27.1 Å². The van der Waals surface area contributed by atoms with Gasteiger partial charge in [-0.25, -0.2) is 0 Å². The van der Waals surface area contributed by atoms with Gasteiger partial charge in [0.1, 0.15) is 0 Å². The summed E-state index contributed by atoms with van der Waals surface area (Å²) in [5, 5.41) is 22.2. The highest BCUT2D eigenvalue weighted by Crippen LogP contribution is 2.14. The second kappa shape index (κ2) is 19.8. The van der Waals surface area contributed by atoms with E-state index in [1.165, 1.54) is 62.3 Å². The quantitative estimate of drug-likeness (QED) is 0.528. The molecule has 3 aromatic rings. The smallest absolute Gasteiger partial charge is 0.286 e. The first-order chi connectivity index (χ1) is 15.6. The van der Waals surface area contributed by atoms with Crippen molar-refractivity contribution in [3.8, 4) is 18.8 Å². The molecule has 0 unspecified atom stereocenters. The molecule has 0 saturated carbocycles. The van der Waals surface area contributed by atoms with Gasteiger partial charge in [-0.15, -0.1) is 0 Å². The molecular weight excluding hydrogens is 402 g/mol. The standard InChI is InChI=1S/C20H18.3C2H3NO/c1-3-8-17(9-4-1)14-19-12-7-13-20(16-19)15-18-10-5-2-6-11-18;3*1-4-2-3/h1-13,16H,14-15H2;3*1H3. The molecule has 0 heterocycles. The molecule has 164 valence electrons. The summed E-state index contributed by atoms with van der Waals surface area (Å²) in [5.74, 6) is 0. The highest BCUT2D eigenvalue weighted by molar-refractivity contribution is 5.32. The van der Waals surface area contributed by atoms with Crippen LogP contribution in [0.4, 0.5) is 0 Å². The van der Waals surface area contributed by atoms with Crippen LogP contribution in [-0.4, -0.2) is 21.3 Å². The van der Waals surface area contributed by atoms with Crippen LogP contribution in [0, 0.1) is 34.6 Å². The molecule has 6 nitrogen and oxygen atoms in total. The van der Waals surface area contributed by atoms with Crippen LogP contribution in [0.3, 0.4) is 0 Å². The van der Waals surface area contributed by atoms with E-state index < -0.39 is 0 Å². The van der Waals surface area contributed by atoms with Gasteiger partial charge >= 0.3 is 0 Å². The highest BCUT2D eigenvalue weighted by atomic mass is 16.5. The predicted molar refractivity (Wildman–Crippen MR) is 123 cm³/mol. The topological polar surface area (TPSA) is 99.1 Å². The van der Waals surface area contributed by atoms with Gasteiger partial charge in [-0.1, -0.05) is 84.9 Å². The zero-order valence-corrected chi connectivity index (χ0v) is 18.6. The molecule has 32 heavy (non-hydrogen) atoms. The van der Waals surface area contributed by atoms with Gasteiger partial charge < -0.3 is 14.2 Å². The third-order valence-corrected chi connectivity index (χ3v) is 3.77. The van der Waals surface area contributed by atoms with Crippen molar-refractivity contribution in [1.82, 2.24) is 0 Å². The minimum atomic E-state index is 1.00. The monoisotopic (exact) mass is 429 g/mol. The first-order valence-electron chi connectivity index (χ1n) is 9.56. The zero-order valence-electron chi connectivity index (χ0n) is 18.6. The Morgan fingerprint density at radius 3 is 1.06 bits per heavy atom. The van der Waals surface area contributed by atoms with Crippen molar-refractivity contribution in [3.05, 3.63) is 107 Å². The normalized spacial score (nSPS) is 8.00. The largest absolute Gasteiger partial charge is 0.431 e. The molecule has 6 heteroatoms. The molecule has 0 aliphatic heterocycles. The lowest BCUT2D eigenvalue weighted by atomic mass is 9.99. The molecule has 0 fully saturated rings. The lowest BCUT2D eigenvalue weighted by Gasteiger charge is -2.06. The average Bonchev–Trinajstić information content (AvgIpc) is 2.86. The van der Waals surface area contributed by atoms with Gasteiger partial charge in [0.15, 0.2) is 0 Å². The maximum Gasteiger partial charge on any atom is 0.286 e. The Balaban J connectivity index is 0.000000668. The van der Waals surface area contributed by atoms with Crippen molar-refractivity contribution in [1.29, 1.82) is 15.8 Å². The average molecular weight is 430 g/mol. The lowest BCUT2D eigenvalue weighted by Crippen LogP contribution is -1.92. The number of rotatable bonds is 4. The fourth-order valence-electron chi connectivity index (χ4n) is 2.51. The Bertz CT molecular complexity index is 883. The minimum absolute atomic E-state index is 1.00. The van der Waals surface area contributed by atoms with E-state index in [1.807, 2.05) is 0 Å². The first-order valence-corrected chi connectivity index (χ1v) is 9.56. The number of methoxy groups -OCH3 is 3. The fraction of sp³-hybridized carbons (Fsp3) is 0.192. The van der Waals surface area contributed by atoms with Gasteiger partial charge in [0.25, 0.3) is 18.8 Å². The summed E-state index contributed by atoms with van der Waals surface area (Å²) in [7, 11) is 3.96. The van der Waals surface area contributed by atoms with E-state index in [4.69, 9.17) is 15.8 Å². The molecule has 0 bridgehead atoms. The molecule has 0 saturated heterocycles. The summed E-state index contributed by atoms with van der Waals surface area (Å²) in [5.41, 5.74) is 5.49. The third-order valence-electron chi connectivity index (χ3n) is 3.77. The Morgan fingerprint density at radius 2 is 0.781 bits per heavy atom. The molecule has 0 aliphatic carbocycles. The summed E-state index contributed by atoms with van der Waals surface area (Å²) in [6, 6.07) is 30.2. The number of nitriles is 3. The van der Waals surface area contributed by atoms with Crippen molar-refractivity contribution < 1.29 is 14.2 Å². The summed E-state index contributed by atoms with van der Waals surface area (Å²) in [4.78, 5) is 0. The summed E-state index contributed by atoms with van der Waals surface area (Å²) < 4.78 is 11.5. The van der Waals surface area contributed by atoms with Crippen molar-refractivity contribution in [2.45, 2.75) is 12.8 Å². The van der Waals surface area contributed by atoms with E-state index in [0.29, 0.717) is 0 Å². The lowest BCUT2D eigenvalue weighted by molar-refractivity contribution is 0.362. The van der Waals surface area contributed by atoms with Crippen LogP contribution in [0.5, 0.6) is 0 Å². The number of benzene rings is 3. The van der Waals surface area contributed by atoms with Gasteiger partial charge in [0.05, 0.1) is 21.3 Å². The Hall–Kier alpha value is -4.47. The van der Waals surface area contributed by atoms with Gasteiger partial charge in [0, 0.05) is 0 Å². The number of ether oxygens (including phenoxy) is 3. The molecule has 3 rings (SSSR count). The van der Waals surface area contributed by atoms with E-state index in [1.54, 1.807) is 0 Å². The summed E-state index contributed by atoms with van der Waals surface area (Å²) in [6.07, 6.45) is 6.30. The van der Waals surface area contributed by atoms with E-state index in [0.717, 1.165) is 12.8 Å². The van der Waals surface area contributed by atoms with Crippen molar-refractivity contribution in [2.75, 3.05) is 21.3 Å². The van der Waals surface area contributed by atoms with Crippen LogP contribution in [0.25, 0.3) is 0 Å².